The SMILES string of the molecule is CCNc1nc2oc(-c3ccc(F)cc3)c(C(=O)NC)c2cc1-c1cc(F)cc(C(=O)O)c1.CNC(=O)c1c(-c2ccc(F)cc2)oc2nc(Cl)c(-c3cc(F)cc(C(=O)OC)c3)cc12.CNC(=O)c1c(-c2ccc(F)cc2)oc2nc(Cl)c(Br)cc12. The number of carbonyl (C=O) groups excluding carboxylic acids is 4. The smallest absolute Gasteiger partial charge is 0.337 e. The number of esters is 1. The molecule has 11 aromatic rings. The van der Waals surface area contributed by atoms with Gasteiger partial charge in [-0.1, -0.05) is 23.2 Å². The van der Waals surface area contributed by atoms with Crippen molar-refractivity contribution in [3.05, 3.63) is 199 Å². The number of fused-ring (bicyclic) bond motifs is 3. The van der Waals surface area contributed by atoms with Gasteiger partial charge in [0.2, 0.25) is 17.1 Å². The quantitative estimate of drug-likeness (QED) is 0.0434. The van der Waals surface area contributed by atoms with Crippen molar-refractivity contribution in [3.8, 4) is 56.2 Å². The van der Waals surface area contributed by atoms with Crippen LogP contribution in [0.1, 0.15) is 58.7 Å². The lowest BCUT2D eigenvalue weighted by Gasteiger charge is -2.11. The van der Waals surface area contributed by atoms with Gasteiger partial charge in [0.05, 0.1) is 55.6 Å². The molecule has 0 fully saturated rings. The number of aromatic nitrogens is 3. The molecule has 0 saturated carbocycles. The molecule has 17 nitrogen and oxygen atoms in total. The first-order chi connectivity index (χ1) is 41.6. The molecule has 442 valence electrons. The minimum Gasteiger partial charge on any atom is -0.478 e. The van der Waals surface area contributed by atoms with Crippen LogP contribution in [0.15, 0.2) is 145 Å². The van der Waals surface area contributed by atoms with E-state index in [2.05, 4.69) is 56.9 Å². The van der Waals surface area contributed by atoms with Gasteiger partial charge in [0.25, 0.3) is 17.7 Å². The molecule has 6 heterocycles. The van der Waals surface area contributed by atoms with Crippen molar-refractivity contribution in [1.29, 1.82) is 0 Å². The van der Waals surface area contributed by atoms with Crippen molar-refractivity contribution in [2.75, 3.05) is 40.1 Å². The molecule has 6 aromatic heterocycles. The largest absolute Gasteiger partial charge is 0.478 e. The van der Waals surface area contributed by atoms with Crippen molar-refractivity contribution in [2.24, 2.45) is 0 Å². The zero-order valence-electron chi connectivity index (χ0n) is 45.8. The fourth-order valence-electron chi connectivity index (χ4n) is 9.04. The van der Waals surface area contributed by atoms with Crippen LogP contribution in [0.25, 0.3) is 89.5 Å². The molecule has 25 heteroatoms. The van der Waals surface area contributed by atoms with Crippen molar-refractivity contribution < 1.29 is 69.0 Å². The zero-order chi connectivity index (χ0) is 62.5. The molecule has 5 aromatic carbocycles. The average molecular weight is 1290 g/mol. The maximum atomic E-state index is 14.2. The third kappa shape index (κ3) is 13.0. The second-order valence-electron chi connectivity index (χ2n) is 18.5. The number of benzene rings is 5. The Bertz CT molecular complexity index is 4520. The summed E-state index contributed by atoms with van der Waals surface area (Å²) in [4.78, 5) is 73.8. The van der Waals surface area contributed by atoms with Gasteiger partial charge >= 0.3 is 11.9 Å². The van der Waals surface area contributed by atoms with E-state index in [1.165, 1.54) is 131 Å². The highest BCUT2D eigenvalue weighted by atomic mass is 79.9. The second kappa shape index (κ2) is 26.1. The number of rotatable bonds is 12. The van der Waals surface area contributed by atoms with Crippen LogP contribution < -0.4 is 21.3 Å². The Morgan fingerprint density at radius 1 is 0.506 bits per heavy atom. The van der Waals surface area contributed by atoms with Crippen molar-refractivity contribution >= 4 is 108 Å². The number of halogens is 8. The fourth-order valence-corrected chi connectivity index (χ4v) is 9.73. The Balaban J connectivity index is 0.000000159. The van der Waals surface area contributed by atoms with E-state index in [-0.39, 0.29) is 89.6 Å². The normalized spacial score (nSPS) is 10.9. The van der Waals surface area contributed by atoms with E-state index >= 15 is 0 Å². The molecule has 0 atom stereocenters. The summed E-state index contributed by atoms with van der Waals surface area (Å²) in [6, 6.07) is 28.4. The monoisotopic (exact) mass is 1290 g/mol. The lowest BCUT2D eigenvalue weighted by Crippen LogP contribution is -2.18. The van der Waals surface area contributed by atoms with Crippen LogP contribution in [-0.4, -0.2) is 84.5 Å². The summed E-state index contributed by atoms with van der Waals surface area (Å²) in [5.41, 5.74) is 3.58. The molecule has 5 N–H and O–H groups in total. The summed E-state index contributed by atoms with van der Waals surface area (Å²) in [5, 5.41) is 21.4. The predicted molar refractivity (Wildman–Crippen MR) is 319 cm³/mol. The van der Waals surface area contributed by atoms with Crippen LogP contribution in [0.3, 0.4) is 0 Å². The molecule has 0 bridgehead atoms. The van der Waals surface area contributed by atoms with E-state index in [1.807, 2.05) is 6.92 Å². The Labute approximate surface area is 507 Å². The Hall–Kier alpha value is -9.97. The molecule has 0 aliphatic rings. The van der Waals surface area contributed by atoms with Gasteiger partial charge in [-0.3, -0.25) is 14.4 Å². The van der Waals surface area contributed by atoms with Gasteiger partial charge in [0, 0.05) is 55.5 Å². The molecular formula is C62H43BrCl2F5N7O10. The summed E-state index contributed by atoms with van der Waals surface area (Å²) >= 11 is 15.6. The minimum absolute atomic E-state index is 0.00983. The van der Waals surface area contributed by atoms with Crippen molar-refractivity contribution in [2.45, 2.75) is 6.92 Å². The van der Waals surface area contributed by atoms with Crippen LogP contribution in [0.4, 0.5) is 27.8 Å². The van der Waals surface area contributed by atoms with Gasteiger partial charge in [-0.15, -0.1) is 0 Å². The molecule has 0 spiro atoms. The molecule has 3 amide bonds. The number of aromatic carboxylic acids is 1. The van der Waals surface area contributed by atoms with Crippen LogP contribution >= 0.6 is 39.1 Å². The second-order valence-corrected chi connectivity index (χ2v) is 20.1. The van der Waals surface area contributed by atoms with Crippen LogP contribution in [0.2, 0.25) is 10.3 Å². The molecule has 87 heavy (non-hydrogen) atoms. The number of anilines is 1. The number of hydrogen-bond acceptors (Lipinski definition) is 13. The number of nitrogens with one attached hydrogen (secondary N) is 4. The molecule has 0 aliphatic carbocycles. The summed E-state index contributed by atoms with van der Waals surface area (Å²) in [6.07, 6.45) is 0. The van der Waals surface area contributed by atoms with E-state index in [9.17, 15) is 51.0 Å². The van der Waals surface area contributed by atoms with Gasteiger partial charge < -0.3 is 44.4 Å². The topological polar surface area (TPSA) is 241 Å². The summed E-state index contributed by atoms with van der Waals surface area (Å²) < 4.78 is 90.9. The molecule has 0 radical (unpaired) electrons. The number of methoxy groups -OCH3 is 1. The van der Waals surface area contributed by atoms with E-state index in [0.717, 1.165) is 12.1 Å². The summed E-state index contributed by atoms with van der Waals surface area (Å²) in [5.74, 6) is -4.87. The number of nitrogens with zero attached hydrogens (tertiary/aromatic N) is 3. The lowest BCUT2D eigenvalue weighted by atomic mass is 10.00. The van der Waals surface area contributed by atoms with Crippen LogP contribution in [0, 0.1) is 29.1 Å². The predicted octanol–water partition coefficient (Wildman–Crippen LogP) is 14.6. The van der Waals surface area contributed by atoms with Crippen LogP contribution in [-0.2, 0) is 4.74 Å². The number of carbonyl (C=O) groups is 5. The maximum Gasteiger partial charge on any atom is 0.337 e. The molecule has 0 aliphatic heterocycles. The van der Waals surface area contributed by atoms with E-state index in [4.69, 9.17) is 36.5 Å². The third-order valence-corrected chi connectivity index (χ3v) is 14.4. The lowest BCUT2D eigenvalue weighted by molar-refractivity contribution is 0.0598. The Morgan fingerprint density at radius 2 is 0.885 bits per heavy atom. The number of carboxylic acids is 1. The first-order valence-electron chi connectivity index (χ1n) is 25.7. The van der Waals surface area contributed by atoms with Crippen molar-refractivity contribution in [1.82, 2.24) is 30.9 Å². The van der Waals surface area contributed by atoms with Gasteiger partial charge in [0.1, 0.15) is 62.5 Å². The number of amides is 3. The minimum atomic E-state index is -1.28. The Morgan fingerprint density at radius 3 is 1.30 bits per heavy atom. The van der Waals surface area contributed by atoms with Gasteiger partial charge in [-0.25, -0.2) is 36.5 Å². The van der Waals surface area contributed by atoms with Gasteiger partial charge in [-0.05, 0) is 161 Å². The summed E-state index contributed by atoms with van der Waals surface area (Å²) in [7, 11) is 5.62. The van der Waals surface area contributed by atoms with Crippen molar-refractivity contribution in [3.63, 3.8) is 0 Å². The number of ether oxygens (including phenoxy) is 1. The number of pyridine rings is 3. The van der Waals surface area contributed by atoms with E-state index in [0.29, 0.717) is 66.6 Å². The average Bonchev–Trinajstić information content (AvgIpc) is 1.80. The zero-order valence-corrected chi connectivity index (χ0v) is 48.9. The molecule has 0 unspecified atom stereocenters. The molecular weight excluding hydrogens is 1250 g/mol. The first-order valence-corrected chi connectivity index (χ1v) is 27.2. The van der Waals surface area contributed by atoms with E-state index in [1.54, 1.807) is 12.1 Å². The number of furan rings is 3. The molecule has 0 saturated heterocycles. The standard InChI is InChI=1S/C24H19F2N3O4.C23H15ClF2N2O4.C15H9BrClFN2O2/c1-3-28-21-17(13-8-14(24(31)32)10-16(26)9-13)11-18-19(22(30)27-2)20(33-23(18)29-21)12-4-6-15(25)7-5-12;1-27-21(29)18-17-10-16(12-7-13(23(30)31-2)9-15(26)8-12)20(24)28-22(17)32-19(18)11-3-5-14(25)6-4-11;1-19-14(21)11-9-6-10(16)13(17)20-15(9)22-12(11)7-2-4-8(18)5-3-7/h4-11H,3H2,1-2H3,(H,27,30)(H,28,29)(H,31,32);3-10H,1-2H3,(H,27,29);2-6H,1H3,(H,19,21). The maximum absolute atomic E-state index is 14.2. The number of carboxylic acid groups (broad SMARTS) is 1. The third-order valence-electron chi connectivity index (χ3n) is 13.0. The van der Waals surface area contributed by atoms with E-state index < -0.39 is 47.0 Å². The highest BCUT2D eigenvalue weighted by Gasteiger charge is 2.28. The number of hydrogen-bond donors (Lipinski definition) is 5. The van der Waals surface area contributed by atoms with Gasteiger partial charge in [0.15, 0.2) is 0 Å². The Kier molecular flexibility index (Phi) is 18.5. The molecule has 11 rings (SSSR count). The highest BCUT2D eigenvalue weighted by molar-refractivity contribution is 9.10. The summed E-state index contributed by atoms with van der Waals surface area (Å²) in [6.45, 7) is 2.31. The highest BCUT2D eigenvalue weighted by Crippen LogP contribution is 2.41. The van der Waals surface area contributed by atoms with Crippen LogP contribution in [0.5, 0.6) is 0 Å². The van der Waals surface area contributed by atoms with Gasteiger partial charge in [-0.2, -0.15) is 9.97 Å². The first kappa shape index (κ1) is 61.6. The fraction of sp³-hybridized carbons (Fsp3) is 0.0968.